The van der Waals surface area contributed by atoms with Gasteiger partial charge in [0, 0.05) is 0 Å². The van der Waals surface area contributed by atoms with Gasteiger partial charge in [0.1, 0.15) is 0 Å². The minimum absolute atomic E-state index is 0.266. The van der Waals surface area contributed by atoms with Gasteiger partial charge in [-0.15, -0.1) is 0 Å². The van der Waals surface area contributed by atoms with Crippen LogP contribution in [0.2, 0.25) is 0 Å². The van der Waals surface area contributed by atoms with E-state index >= 15 is 0 Å². The van der Waals surface area contributed by atoms with Crippen LogP contribution < -0.4 is 8.39 Å². The summed E-state index contributed by atoms with van der Waals surface area (Å²) in [6, 6.07) is 6.96. The van der Waals surface area contributed by atoms with Crippen molar-refractivity contribution in [1.82, 2.24) is 0 Å². The first-order valence-electron chi connectivity index (χ1n) is 5.41. The van der Waals surface area contributed by atoms with Crippen molar-refractivity contribution in [3.63, 3.8) is 0 Å². The van der Waals surface area contributed by atoms with Gasteiger partial charge in [-0.1, -0.05) is 0 Å². The Balaban J connectivity index is 2.54. The average Bonchev–Trinajstić information content (AvgIpc) is 2.35. The van der Waals surface area contributed by atoms with Gasteiger partial charge in [-0.05, 0) is 0 Å². The molecule has 0 atom stereocenters. The van der Waals surface area contributed by atoms with Crippen LogP contribution in [-0.2, 0) is 42.1 Å². The first-order chi connectivity index (χ1) is 8.97. The van der Waals surface area contributed by atoms with Crippen molar-refractivity contribution >= 4 is 26.6 Å². The van der Waals surface area contributed by atoms with Crippen LogP contribution in [0.4, 0.5) is 5.69 Å². The molecule has 0 aliphatic rings. The topological polar surface area (TPSA) is 92.7 Å². The maximum absolute atomic E-state index is 11.3. The molecular weight excluding hydrogens is 439 g/mol. The first kappa shape index (κ1) is 15.4. The standard InChI is InChI=1S/C10H8NO3.C2H4O2.Hg/c12-9(6-7-10(13)14)11-8-4-2-1-3-5-8;1-2(3)4;/h2-7H,(H,11,12)(H,13,14);1H3,(H,3,4);/q;;+1/p-1/b7-6+;;. The van der Waals surface area contributed by atoms with E-state index in [1.54, 1.807) is 24.3 Å². The van der Waals surface area contributed by atoms with Crippen molar-refractivity contribution in [3.05, 3.63) is 36.4 Å². The minimum atomic E-state index is -1.82. The van der Waals surface area contributed by atoms with Gasteiger partial charge in [-0.25, -0.2) is 0 Å². The molecular formula is C12H11HgNO5. The molecule has 96 valence electrons. The number of carbonyl (C=O) groups excluding carboxylic acids is 2. The van der Waals surface area contributed by atoms with Crippen LogP contribution in [0.25, 0.3) is 0 Å². The number of carbonyl (C=O) groups is 3. The summed E-state index contributed by atoms with van der Waals surface area (Å²) in [6.45, 7) is 1.38. The molecule has 1 aromatic rings. The fourth-order valence-corrected chi connectivity index (χ4v) is 4.30. The third kappa shape index (κ3) is 6.71. The molecule has 0 radical (unpaired) electrons. The molecule has 0 fully saturated rings. The van der Waals surface area contributed by atoms with Crippen LogP contribution in [0.5, 0.6) is 0 Å². The van der Waals surface area contributed by atoms with Gasteiger partial charge >= 0.3 is 122 Å². The summed E-state index contributed by atoms with van der Waals surface area (Å²) >= 11 is -1.82. The number of carboxylic acid groups (broad SMARTS) is 1. The molecule has 1 rings (SSSR count). The Kier molecular flexibility index (Phi) is 6.21. The second kappa shape index (κ2) is 7.68. The molecule has 7 heteroatoms. The van der Waals surface area contributed by atoms with Crippen molar-refractivity contribution in [1.29, 1.82) is 0 Å². The summed E-state index contributed by atoms with van der Waals surface area (Å²) in [4.78, 5) is 32.2. The number of hydrogen-bond donors (Lipinski definition) is 2. The van der Waals surface area contributed by atoms with E-state index in [0.717, 1.165) is 15.2 Å². The SMILES string of the molecule is CC(=O)[O][Hg][c]1ccc(NC(=O)/C=C/C(=O)O)cc1. The summed E-state index contributed by atoms with van der Waals surface area (Å²) in [5, 5.41) is 10.9. The molecule has 0 bridgehead atoms. The van der Waals surface area contributed by atoms with Crippen LogP contribution in [0.1, 0.15) is 6.92 Å². The van der Waals surface area contributed by atoms with Crippen molar-refractivity contribution in [3.8, 4) is 0 Å². The Morgan fingerprint density at radius 3 is 2.37 bits per heavy atom. The molecule has 0 aromatic heterocycles. The van der Waals surface area contributed by atoms with E-state index in [9.17, 15) is 14.4 Å². The molecule has 0 saturated carbocycles. The summed E-state index contributed by atoms with van der Waals surface area (Å²) in [5.41, 5.74) is 0.556. The Bertz CT molecular complexity index is 509. The number of anilines is 1. The fourth-order valence-electron chi connectivity index (χ4n) is 1.20. The number of benzene rings is 1. The van der Waals surface area contributed by atoms with Gasteiger partial charge < -0.3 is 0 Å². The van der Waals surface area contributed by atoms with Gasteiger partial charge in [0.25, 0.3) is 0 Å². The summed E-state index contributed by atoms with van der Waals surface area (Å²) in [7, 11) is 0. The monoisotopic (exact) mass is 451 g/mol. The molecule has 0 spiro atoms. The first-order valence-corrected chi connectivity index (χ1v) is 10.4. The third-order valence-corrected chi connectivity index (χ3v) is 7.31. The van der Waals surface area contributed by atoms with E-state index in [4.69, 9.17) is 7.75 Å². The molecule has 0 saturated heterocycles. The molecule has 1 aromatic carbocycles. The van der Waals surface area contributed by atoms with E-state index in [0.29, 0.717) is 5.69 Å². The number of hydrogen-bond acceptors (Lipinski definition) is 4. The number of nitrogens with one attached hydrogen (secondary N) is 1. The molecule has 0 aliphatic carbocycles. The molecule has 6 nitrogen and oxygen atoms in total. The van der Waals surface area contributed by atoms with E-state index in [-0.39, 0.29) is 5.97 Å². The van der Waals surface area contributed by atoms with Gasteiger partial charge in [-0.3, -0.25) is 0 Å². The van der Waals surface area contributed by atoms with Crippen LogP contribution in [0.3, 0.4) is 0 Å². The van der Waals surface area contributed by atoms with Crippen molar-refractivity contribution < 1.29 is 47.2 Å². The maximum atomic E-state index is 11.3. The molecule has 1 amide bonds. The van der Waals surface area contributed by atoms with Gasteiger partial charge in [0.15, 0.2) is 0 Å². The summed E-state index contributed by atoms with van der Waals surface area (Å²) in [5.74, 6) is -1.96. The van der Waals surface area contributed by atoms with Crippen molar-refractivity contribution in [2.45, 2.75) is 6.92 Å². The van der Waals surface area contributed by atoms with E-state index < -0.39 is 36.9 Å². The summed E-state index contributed by atoms with van der Waals surface area (Å²) in [6.07, 6.45) is 1.70. The van der Waals surface area contributed by atoms with Gasteiger partial charge in [0.05, 0.1) is 0 Å². The molecule has 0 unspecified atom stereocenters. The molecule has 2 N–H and O–H groups in total. The molecule has 0 aliphatic heterocycles. The van der Waals surface area contributed by atoms with Crippen LogP contribution in [0.15, 0.2) is 36.4 Å². The van der Waals surface area contributed by atoms with E-state index in [1.165, 1.54) is 6.92 Å². The Labute approximate surface area is 122 Å². The zero-order valence-electron chi connectivity index (χ0n) is 10.3. The Morgan fingerprint density at radius 2 is 1.84 bits per heavy atom. The predicted molar refractivity (Wildman–Crippen MR) is 63.2 cm³/mol. The average molecular weight is 450 g/mol. The number of rotatable bonds is 5. The van der Waals surface area contributed by atoms with E-state index in [2.05, 4.69) is 5.32 Å². The van der Waals surface area contributed by atoms with Crippen molar-refractivity contribution in [2.24, 2.45) is 0 Å². The number of carboxylic acids is 1. The molecule has 0 heterocycles. The Morgan fingerprint density at radius 1 is 1.21 bits per heavy atom. The van der Waals surface area contributed by atoms with Crippen LogP contribution >= 0.6 is 0 Å². The Hall–Kier alpha value is -1.69. The van der Waals surface area contributed by atoms with Crippen molar-refractivity contribution in [2.75, 3.05) is 5.32 Å². The summed E-state index contributed by atoms with van der Waals surface area (Å²) < 4.78 is 6.04. The number of amides is 1. The second-order valence-electron chi connectivity index (χ2n) is 3.64. The molecule has 19 heavy (non-hydrogen) atoms. The quantitative estimate of drug-likeness (QED) is 0.503. The predicted octanol–water partition coefficient (Wildman–Crippen LogP) is 0.452. The van der Waals surface area contributed by atoms with Crippen LogP contribution in [0, 0.1) is 0 Å². The van der Waals surface area contributed by atoms with Gasteiger partial charge in [0.2, 0.25) is 0 Å². The normalized spacial score (nSPS) is 9.74. The third-order valence-electron chi connectivity index (χ3n) is 2.04. The second-order valence-corrected chi connectivity index (χ2v) is 9.06. The number of aliphatic carboxylic acids is 1. The zero-order chi connectivity index (χ0) is 14.3. The van der Waals surface area contributed by atoms with E-state index in [1.807, 2.05) is 0 Å². The zero-order valence-corrected chi connectivity index (χ0v) is 15.7. The fraction of sp³-hybridized carbons (Fsp3) is 0.0833. The van der Waals surface area contributed by atoms with Gasteiger partial charge in [-0.2, -0.15) is 0 Å². The van der Waals surface area contributed by atoms with Crippen LogP contribution in [-0.4, -0.2) is 23.0 Å².